The van der Waals surface area contributed by atoms with Gasteiger partial charge in [-0.1, -0.05) is 6.07 Å². The van der Waals surface area contributed by atoms with Crippen LogP contribution >= 0.6 is 11.3 Å². The molecule has 1 atom stereocenters. The highest BCUT2D eigenvalue weighted by molar-refractivity contribution is 7.09. The van der Waals surface area contributed by atoms with Crippen LogP contribution in [0.15, 0.2) is 17.5 Å². The number of hydrogen-bond donors (Lipinski definition) is 1. The van der Waals surface area contributed by atoms with Crippen molar-refractivity contribution in [2.75, 3.05) is 13.1 Å². The van der Waals surface area contributed by atoms with E-state index in [1.165, 1.54) is 0 Å². The Balaban J connectivity index is 2.05. The molecule has 0 aromatic carbocycles. The first-order valence-electron chi connectivity index (χ1n) is 7.29. The predicted octanol–water partition coefficient (Wildman–Crippen LogP) is 2.88. The molecule has 5 nitrogen and oxygen atoms in total. The third kappa shape index (κ3) is 3.97. The van der Waals surface area contributed by atoms with E-state index in [-0.39, 0.29) is 12.1 Å². The van der Waals surface area contributed by atoms with Crippen molar-refractivity contribution in [3.8, 4) is 0 Å². The van der Waals surface area contributed by atoms with Crippen LogP contribution in [0.25, 0.3) is 0 Å². The zero-order chi connectivity index (χ0) is 15.4. The number of amides is 2. The maximum Gasteiger partial charge on any atom is 0.320 e. The van der Waals surface area contributed by atoms with Gasteiger partial charge >= 0.3 is 12.0 Å². The predicted molar refractivity (Wildman–Crippen MR) is 82.3 cm³/mol. The van der Waals surface area contributed by atoms with Crippen LogP contribution in [0, 0.1) is 5.92 Å². The molecule has 21 heavy (non-hydrogen) atoms. The minimum atomic E-state index is -0.804. The molecule has 1 aromatic rings. The number of carbonyl (C=O) groups is 2. The number of thiophene rings is 1. The number of carboxylic acids is 1. The number of carboxylic acid groups (broad SMARTS) is 1. The maximum atomic E-state index is 12.7. The molecule has 2 rings (SSSR count). The second-order valence-corrected chi connectivity index (χ2v) is 6.74. The molecule has 0 radical (unpaired) electrons. The number of rotatable bonds is 4. The molecule has 1 N–H and O–H groups in total. The largest absolute Gasteiger partial charge is 0.481 e. The fourth-order valence-electron chi connectivity index (χ4n) is 2.58. The Bertz CT molecular complexity index is 487. The summed E-state index contributed by atoms with van der Waals surface area (Å²) in [7, 11) is 0. The van der Waals surface area contributed by atoms with E-state index in [9.17, 15) is 9.59 Å². The topological polar surface area (TPSA) is 60.9 Å². The van der Waals surface area contributed by atoms with Gasteiger partial charge in [-0.2, -0.15) is 0 Å². The van der Waals surface area contributed by atoms with Gasteiger partial charge in [0.2, 0.25) is 0 Å². The molecule has 1 aromatic heterocycles. The first-order chi connectivity index (χ1) is 9.99. The molecular weight excluding hydrogens is 288 g/mol. The maximum absolute atomic E-state index is 12.7. The molecule has 0 unspecified atom stereocenters. The third-order valence-electron chi connectivity index (χ3n) is 3.82. The lowest BCUT2D eigenvalue weighted by Gasteiger charge is -2.36. The lowest BCUT2D eigenvalue weighted by atomic mass is 9.98. The van der Waals surface area contributed by atoms with Gasteiger partial charge in [0.15, 0.2) is 0 Å². The summed E-state index contributed by atoms with van der Waals surface area (Å²) < 4.78 is 0. The number of hydrogen-bond acceptors (Lipinski definition) is 3. The zero-order valence-corrected chi connectivity index (χ0v) is 13.3. The normalized spacial score (nSPS) is 18.8. The van der Waals surface area contributed by atoms with Crippen molar-refractivity contribution < 1.29 is 14.7 Å². The molecule has 0 saturated carbocycles. The number of urea groups is 1. The molecule has 2 amide bonds. The number of nitrogens with zero attached hydrogens (tertiary/aromatic N) is 2. The Labute approximate surface area is 129 Å². The highest BCUT2D eigenvalue weighted by Crippen LogP contribution is 2.21. The van der Waals surface area contributed by atoms with Crippen molar-refractivity contribution >= 4 is 23.3 Å². The van der Waals surface area contributed by atoms with Crippen LogP contribution < -0.4 is 0 Å². The standard InChI is InChI=1S/C15H22N2O3S/c1-11(2)17(10-13-6-4-8-21-13)15(20)16-7-3-5-12(9-16)14(18)19/h4,6,8,11-12H,3,5,7,9-10H2,1-2H3,(H,18,19)/t12-/m1/s1. The Hall–Kier alpha value is -1.56. The molecule has 0 spiro atoms. The van der Waals surface area contributed by atoms with Gasteiger partial charge in [0, 0.05) is 24.0 Å². The molecule has 0 bridgehead atoms. The van der Waals surface area contributed by atoms with Gasteiger partial charge in [0.25, 0.3) is 0 Å². The van der Waals surface area contributed by atoms with Gasteiger partial charge < -0.3 is 14.9 Å². The second kappa shape index (κ2) is 6.93. The molecule has 6 heteroatoms. The number of aliphatic carboxylic acids is 1. The second-order valence-electron chi connectivity index (χ2n) is 5.71. The molecular formula is C15H22N2O3S. The Morgan fingerprint density at radius 2 is 2.29 bits per heavy atom. The highest BCUT2D eigenvalue weighted by atomic mass is 32.1. The average Bonchev–Trinajstić information content (AvgIpc) is 2.97. The lowest BCUT2D eigenvalue weighted by Crippen LogP contribution is -2.50. The number of likely N-dealkylation sites (tertiary alicyclic amines) is 1. The van der Waals surface area contributed by atoms with Crippen LogP contribution in [-0.4, -0.2) is 46.0 Å². The van der Waals surface area contributed by atoms with Crippen LogP contribution in [0.4, 0.5) is 4.79 Å². The molecule has 2 heterocycles. The van der Waals surface area contributed by atoms with Crippen molar-refractivity contribution in [1.82, 2.24) is 9.80 Å². The van der Waals surface area contributed by atoms with Crippen molar-refractivity contribution in [3.63, 3.8) is 0 Å². The van der Waals surface area contributed by atoms with Crippen molar-refractivity contribution in [2.45, 2.75) is 39.3 Å². The lowest BCUT2D eigenvalue weighted by molar-refractivity contribution is -0.143. The SMILES string of the molecule is CC(C)N(Cc1cccs1)C(=O)N1CCC[C@@H](C(=O)O)C1. The van der Waals surface area contributed by atoms with Crippen LogP contribution in [0.1, 0.15) is 31.6 Å². The summed E-state index contributed by atoms with van der Waals surface area (Å²) >= 11 is 1.63. The molecule has 1 aliphatic heterocycles. The van der Waals surface area contributed by atoms with Crippen molar-refractivity contribution in [3.05, 3.63) is 22.4 Å². The van der Waals surface area contributed by atoms with Crippen LogP contribution in [0.3, 0.4) is 0 Å². The van der Waals surface area contributed by atoms with Crippen molar-refractivity contribution in [1.29, 1.82) is 0 Å². The van der Waals surface area contributed by atoms with Crippen LogP contribution in [0.5, 0.6) is 0 Å². The Morgan fingerprint density at radius 3 is 2.86 bits per heavy atom. The smallest absolute Gasteiger partial charge is 0.320 e. The van der Waals surface area contributed by atoms with E-state index in [1.54, 1.807) is 16.2 Å². The van der Waals surface area contributed by atoms with Gasteiger partial charge in [-0.3, -0.25) is 4.79 Å². The van der Waals surface area contributed by atoms with Gasteiger partial charge in [-0.05, 0) is 38.1 Å². The minimum absolute atomic E-state index is 0.0515. The molecule has 116 valence electrons. The summed E-state index contributed by atoms with van der Waals surface area (Å²) in [6.07, 6.45) is 1.42. The van der Waals surface area contributed by atoms with Gasteiger partial charge in [0.1, 0.15) is 0 Å². The monoisotopic (exact) mass is 310 g/mol. The average molecular weight is 310 g/mol. The number of carbonyl (C=O) groups excluding carboxylic acids is 1. The van der Waals surface area contributed by atoms with E-state index in [0.717, 1.165) is 11.3 Å². The fourth-order valence-corrected chi connectivity index (χ4v) is 3.28. The Morgan fingerprint density at radius 1 is 1.52 bits per heavy atom. The van der Waals surface area contributed by atoms with E-state index in [2.05, 4.69) is 0 Å². The summed E-state index contributed by atoms with van der Waals surface area (Å²) in [4.78, 5) is 28.5. The van der Waals surface area contributed by atoms with Gasteiger partial charge in [-0.25, -0.2) is 4.79 Å². The van der Waals surface area contributed by atoms with E-state index >= 15 is 0 Å². The zero-order valence-electron chi connectivity index (χ0n) is 12.5. The van der Waals surface area contributed by atoms with E-state index < -0.39 is 11.9 Å². The summed E-state index contributed by atoms with van der Waals surface area (Å²) in [5, 5.41) is 11.1. The van der Waals surface area contributed by atoms with Gasteiger partial charge in [-0.15, -0.1) is 11.3 Å². The minimum Gasteiger partial charge on any atom is -0.481 e. The third-order valence-corrected chi connectivity index (χ3v) is 4.68. The quantitative estimate of drug-likeness (QED) is 0.930. The van der Waals surface area contributed by atoms with Crippen LogP contribution in [0.2, 0.25) is 0 Å². The Kier molecular flexibility index (Phi) is 5.22. The molecule has 1 aliphatic rings. The summed E-state index contributed by atoms with van der Waals surface area (Å²) in [6.45, 7) is 5.54. The summed E-state index contributed by atoms with van der Waals surface area (Å²) in [5.41, 5.74) is 0. The fraction of sp³-hybridized carbons (Fsp3) is 0.600. The first kappa shape index (κ1) is 15.8. The highest BCUT2D eigenvalue weighted by Gasteiger charge is 2.31. The van der Waals surface area contributed by atoms with Gasteiger partial charge in [0.05, 0.1) is 12.5 Å². The first-order valence-corrected chi connectivity index (χ1v) is 8.17. The number of piperidine rings is 1. The summed E-state index contributed by atoms with van der Waals surface area (Å²) in [6, 6.07) is 4.03. The van der Waals surface area contributed by atoms with Crippen LogP contribution in [-0.2, 0) is 11.3 Å². The van der Waals surface area contributed by atoms with Crippen molar-refractivity contribution in [2.24, 2.45) is 5.92 Å². The molecule has 1 fully saturated rings. The summed E-state index contributed by atoms with van der Waals surface area (Å²) in [5.74, 6) is -1.24. The van der Waals surface area contributed by atoms with E-state index in [1.807, 2.05) is 36.3 Å². The van der Waals surface area contributed by atoms with E-state index in [4.69, 9.17) is 5.11 Å². The molecule has 0 aliphatic carbocycles. The molecule has 1 saturated heterocycles. The van der Waals surface area contributed by atoms with E-state index in [0.29, 0.717) is 26.1 Å².